The Balaban J connectivity index is 2.17. The molecule has 0 heterocycles. The topological polar surface area (TPSA) is 65.1 Å². The summed E-state index contributed by atoms with van der Waals surface area (Å²) >= 11 is 0. The number of carbonyl (C=O) groups is 2. The molecule has 26 heavy (non-hydrogen) atoms. The third-order valence-electron chi connectivity index (χ3n) is 3.97. The van der Waals surface area contributed by atoms with Crippen molar-refractivity contribution in [3.63, 3.8) is 0 Å². The Morgan fingerprint density at radius 3 is 1.88 bits per heavy atom. The summed E-state index contributed by atoms with van der Waals surface area (Å²) in [6.07, 6.45) is 0.133. The predicted molar refractivity (Wildman–Crippen MR) is 97.4 cm³/mol. The van der Waals surface area contributed by atoms with Crippen LogP contribution in [0.15, 0.2) is 48.5 Å². The fourth-order valence-electron chi connectivity index (χ4n) is 2.45. The second-order valence-corrected chi connectivity index (χ2v) is 5.63. The van der Waals surface area contributed by atoms with Crippen molar-refractivity contribution < 1.29 is 23.8 Å². The first-order chi connectivity index (χ1) is 12.6. The largest absolute Gasteiger partial charge is 0.497 e. The normalized spacial score (nSPS) is 10.1. The van der Waals surface area contributed by atoms with Crippen molar-refractivity contribution in [2.24, 2.45) is 0 Å². The molecule has 0 bridgehead atoms. The van der Waals surface area contributed by atoms with Gasteiger partial charge in [-0.05, 0) is 42.0 Å². The highest BCUT2D eigenvalue weighted by molar-refractivity contribution is 5.94. The van der Waals surface area contributed by atoms with Gasteiger partial charge in [0.15, 0.2) is 0 Å². The molecular formula is C20H23NO5. The molecule has 2 rings (SSSR count). The van der Waals surface area contributed by atoms with E-state index in [9.17, 15) is 9.59 Å². The van der Waals surface area contributed by atoms with Crippen LogP contribution < -0.4 is 9.47 Å². The van der Waals surface area contributed by atoms with Crippen LogP contribution in [0.5, 0.6) is 11.5 Å². The monoisotopic (exact) mass is 357 g/mol. The lowest BCUT2D eigenvalue weighted by Crippen LogP contribution is -2.32. The van der Waals surface area contributed by atoms with Gasteiger partial charge in [-0.15, -0.1) is 0 Å². The molecule has 2 aromatic rings. The zero-order valence-corrected chi connectivity index (χ0v) is 15.2. The number of carbonyl (C=O) groups excluding carboxylic acids is 2. The van der Waals surface area contributed by atoms with Crippen LogP contribution in [0, 0.1) is 0 Å². The summed E-state index contributed by atoms with van der Waals surface area (Å²) in [6, 6.07) is 14.4. The molecule has 0 spiro atoms. The summed E-state index contributed by atoms with van der Waals surface area (Å²) < 4.78 is 15.0. The zero-order chi connectivity index (χ0) is 18.9. The average molecular weight is 357 g/mol. The van der Waals surface area contributed by atoms with Crippen LogP contribution in [0.25, 0.3) is 0 Å². The van der Waals surface area contributed by atoms with Gasteiger partial charge in [0.25, 0.3) is 5.91 Å². The van der Waals surface area contributed by atoms with Crippen molar-refractivity contribution in [1.82, 2.24) is 4.90 Å². The van der Waals surface area contributed by atoms with E-state index >= 15 is 0 Å². The minimum absolute atomic E-state index is 0.133. The number of rotatable bonds is 8. The number of esters is 1. The van der Waals surface area contributed by atoms with Crippen LogP contribution >= 0.6 is 0 Å². The molecule has 6 nitrogen and oxygen atoms in total. The van der Waals surface area contributed by atoms with Crippen LogP contribution in [0.1, 0.15) is 22.3 Å². The summed E-state index contributed by atoms with van der Waals surface area (Å²) in [5.41, 5.74) is 1.47. The van der Waals surface area contributed by atoms with Gasteiger partial charge in [-0.2, -0.15) is 0 Å². The lowest BCUT2D eigenvalue weighted by atomic mass is 10.1. The minimum Gasteiger partial charge on any atom is -0.497 e. The molecule has 0 atom stereocenters. The second-order valence-electron chi connectivity index (χ2n) is 5.63. The molecule has 138 valence electrons. The van der Waals surface area contributed by atoms with Gasteiger partial charge in [0, 0.05) is 18.7 Å². The van der Waals surface area contributed by atoms with Crippen molar-refractivity contribution in [2.75, 3.05) is 27.9 Å². The van der Waals surface area contributed by atoms with Gasteiger partial charge in [0.05, 0.1) is 27.8 Å². The summed E-state index contributed by atoms with van der Waals surface area (Å²) in [6.45, 7) is 0.648. The van der Waals surface area contributed by atoms with Gasteiger partial charge in [0.2, 0.25) is 0 Å². The Kier molecular flexibility index (Phi) is 7.02. The number of methoxy groups -OCH3 is 3. The van der Waals surface area contributed by atoms with Gasteiger partial charge in [0.1, 0.15) is 11.5 Å². The standard InChI is InChI=1S/C20H23NO5/c1-24-17-8-4-15(5-9-17)14-21(13-12-19(22)26-3)20(23)16-6-10-18(25-2)11-7-16/h4-11H,12-14H2,1-3H3. The molecule has 2 aromatic carbocycles. The number of benzene rings is 2. The van der Waals surface area contributed by atoms with E-state index in [-0.39, 0.29) is 24.8 Å². The highest BCUT2D eigenvalue weighted by atomic mass is 16.5. The van der Waals surface area contributed by atoms with Crippen molar-refractivity contribution in [1.29, 1.82) is 0 Å². The molecule has 0 aliphatic heterocycles. The van der Waals surface area contributed by atoms with Crippen LogP contribution in [0.4, 0.5) is 0 Å². The quantitative estimate of drug-likeness (QED) is 0.680. The van der Waals surface area contributed by atoms with Gasteiger partial charge >= 0.3 is 5.97 Å². The molecular weight excluding hydrogens is 334 g/mol. The maximum Gasteiger partial charge on any atom is 0.307 e. The zero-order valence-electron chi connectivity index (χ0n) is 15.2. The van der Waals surface area contributed by atoms with E-state index in [0.29, 0.717) is 17.9 Å². The average Bonchev–Trinajstić information content (AvgIpc) is 2.70. The smallest absolute Gasteiger partial charge is 0.307 e. The first kappa shape index (κ1) is 19.3. The fraction of sp³-hybridized carbons (Fsp3) is 0.300. The Bertz CT molecular complexity index is 725. The molecule has 0 fully saturated rings. The number of hydrogen-bond donors (Lipinski definition) is 0. The van der Waals surface area contributed by atoms with Crippen LogP contribution in [-0.4, -0.2) is 44.7 Å². The maximum absolute atomic E-state index is 12.9. The number of ether oxygens (including phenoxy) is 3. The second kappa shape index (κ2) is 9.46. The van der Waals surface area contributed by atoms with Crippen molar-refractivity contribution in [3.05, 3.63) is 59.7 Å². The molecule has 0 aromatic heterocycles. The Labute approximate surface area is 153 Å². The number of hydrogen-bond acceptors (Lipinski definition) is 5. The molecule has 0 aliphatic carbocycles. The van der Waals surface area contributed by atoms with E-state index in [0.717, 1.165) is 11.3 Å². The van der Waals surface area contributed by atoms with E-state index in [2.05, 4.69) is 4.74 Å². The first-order valence-electron chi connectivity index (χ1n) is 8.20. The summed E-state index contributed by atoms with van der Waals surface area (Å²) in [4.78, 5) is 26.0. The molecule has 0 saturated heterocycles. The Hall–Kier alpha value is -3.02. The fourth-order valence-corrected chi connectivity index (χ4v) is 2.45. The van der Waals surface area contributed by atoms with Gasteiger partial charge in [-0.3, -0.25) is 9.59 Å². The molecule has 0 saturated carbocycles. The van der Waals surface area contributed by atoms with Gasteiger partial charge in [-0.25, -0.2) is 0 Å². The number of amides is 1. The molecule has 0 radical (unpaired) electrons. The molecule has 6 heteroatoms. The van der Waals surface area contributed by atoms with Crippen LogP contribution in [0.2, 0.25) is 0 Å². The van der Waals surface area contributed by atoms with E-state index < -0.39 is 0 Å². The van der Waals surface area contributed by atoms with Crippen molar-refractivity contribution >= 4 is 11.9 Å². The Morgan fingerprint density at radius 2 is 1.38 bits per heavy atom. The summed E-state index contributed by atoms with van der Waals surface area (Å²) in [5, 5.41) is 0. The predicted octanol–water partition coefficient (Wildman–Crippen LogP) is 2.91. The van der Waals surface area contributed by atoms with Gasteiger partial charge in [-0.1, -0.05) is 12.1 Å². The third kappa shape index (κ3) is 5.24. The van der Waals surface area contributed by atoms with Gasteiger partial charge < -0.3 is 19.1 Å². The maximum atomic E-state index is 12.9. The molecule has 1 amide bonds. The third-order valence-corrected chi connectivity index (χ3v) is 3.97. The minimum atomic E-state index is -0.354. The molecule has 0 unspecified atom stereocenters. The van der Waals surface area contributed by atoms with E-state index in [1.807, 2.05) is 24.3 Å². The lowest BCUT2D eigenvalue weighted by Gasteiger charge is -2.23. The molecule has 0 aliphatic rings. The highest BCUT2D eigenvalue weighted by Gasteiger charge is 2.18. The summed E-state index contributed by atoms with van der Waals surface area (Å²) in [5.74, 6) is 0.911. The van der Waals surface area contributed by atoms with E-state index in [1.165, 1.54) is 7.11 Å². The SMILES string of the molecule is COC(=O)CCN(Cc1ccc(OC)cc1)C(=O)c1ccc(OC)cc1. The summed E-state index contributed by atoms with van der Waals surface area (Å²) in [7, 11) is 4.51. The lowest BCUT2D eigenvalue weighted by molar-refractivity contribution is -0.140. The number of nitrogens with zero attached hydrogens (tertiary/aromatic N) is 1. The first-order valence-corrected chi connectivity index (χ1v) is 8.20. The van der Waals surface area contributed by atoms with Crippen molar-refractivity contribution in [3.8, 4) is 11.5 Å². The highest BCUT2D eigenvalue weighted by Crippen LogP contribution is 2.17. The van der Waals surface area contributed by atoms with E-state index in [4.69, 9.17) is 9.47 Å². The van der Waals surface area contributed by atoms with Crippen LogP contribution in [-0.2, 0) is 16.1 Å². The molecule has 0 N–H and O–H groups in total. The van der Waals surface area contributed by atoms with Crippen molar-refractivity contribution in [2.45, 2.75) is 13.0 Å². The van der Waals surface area contributed by atoms with E-state index in [1.54, 1.807) is 43.4 Å². The Morgan fingerprint density at radius 1 is 0.846 bits per heavy atom. The van der Waals surface area contributed by atoms with Crippen LogP contribution in [0.3, 0.4) is 0 Å².